The Kier molecular flexibility index (Phi) is 9.36. The van der Waals surface area contributed by atoms with E-state index in [0.717, 1.165) is 34.1 Å². The average Bonchev–Trinajstić information content (AvgIpc) is 3.46. The van der Waals surface area contributed by atoms with E-state index in [-0.39, 0.29) is 16.2 Å². The van der Waals surface area contributed by atoms with Crippen LogP contribution < -0.4 is 9.80 Å². The molecule has 0 saturated heterocycles. The van der Waals surface area contributed by atoms with Crippen molar-refractivity contribution >= 4 is 44.9 Å². The molecule has 8 aromatic carbocycles. The minimum absolute atomic E-state index is 0.0779. The monoisotopic (exact) mass is 766 g/mol. The number of hydrogen-bond acceptors (Lipinski definition) is 2. The van der Waals surface area contributed by atoms with Gasteiger partial charge >= 0.3 is 0 Å². The van der Waals surface area contributed by atoms with Crippen LogP contribution in [0.3, 0.4) is 0 Å². The van der Waals surface area contributed by atoms with Crippen LogP contribution in [0.15, 0.2) is 182 Å². The molecule has 1 aliphatic rings. The van der Waals surface area contributed by atoms with Gasteiger partial charge in [0.25, 0.3) is 0 Å². The van der Waals surface area contributed by atoms with Crippen LogP contribution in [0.25, 0.3) is 33.0 Å². The highest BCUT2D eigenvalue weighted by molar-refractivity contribution is 6.06. The van der Waals surface area contributed by atoms with Gasteiger partial charge in [0.15, 0.2) is 0 Å². The van der Waals surface area contributed by atoms with Crippen molar-refractivity contribution < 1.29 is 0 Å². The van der Waals surface area contributed by atoms with E-state index in [1.54, 1.807) is 0 Å². The molecule has 0 aliphatic heterocycles. The number of nitrogens with zero attached hydrogens (tertiary/aromatic N) is 2. The third-order valence-electron chi connectivity index (χ3n) is 12.4. The molecule has 0 spiro atoms. The first kappa shape index (κ1) is 38.2. The van der Waals surface area contributed by atoms with Gasteiger partial charge in [0.2, 0.25) is 0 Å². The molecule has 2 nitrogen and oxygen atoms in total. The van der Waals surface area contributed by atoms with Crippen molar-refractivity contribution in [1.29, 1.82) is 0 Å². The SMILES string of the molecule is CC(C)(C)c1ccc(N(c2ccccc2)c2cccc3c(-c4cccc(N(c5ccccc5)c5ccc6c(c5)C(C)(C)c5cc(C(C)(C)C)ccc5-6)c4)cccc23)cc1. The summed E-state index contributed by atoms with van der Waals surface area (Å²) >= 11 is 0. The Morgan fingerprint density at radius 1 is 0.356 bits per heavy atom. The maximum Gasteiger partial charge on any atom is 0.0540 e. The van der Waals surface area contributed by atoms with Gasteiger partial charge in [-0.05, 0) is 127 Å². The lowest BCUT2D eigenvalue weighted by Crippen LogP contribution is -2.18. The van der Waals surface area contributed by atoms with Crippen molar-refractivity contribution in [2.75, 3.05) is 9.80 Å². The summed E-state index contributed by atoms with van der Waals surface area (Å²) in [6, 6.07) is 67.3. The van der Waals surface area contributed by atoms with Crippen LogP contribution in [0.1, 0.15) is 77.6 Å². The molecule has 0 atom stereocenters. The summed E-state index contributed by atoms with van der Waals surface area (Å²) in [5.74, 6) is 0. The average molecular weight is 767 g/mol. The van der Waals surface area contributed by atoms with Gasteiger partial charge in [-0.15, -0.1) is 0 Å². The van der Waals surface area contributed by atoms with Crippen LogP contribution in [0.4, 0.5) is 34.1 Å². The van der Waals surface area contributed by atoms with Gasteiger partial charge in [0.1, 0.15) is 0 Å². The summed E-state index contributed by atoms with van der Waals surface area (Å²) in [6.07, 6.45) is 0. The fourth-order valence-electron chi connectivity index (χ4n) is 9.02. The number of benzene rings is 8. The van der Waals surface area contributed by atoms with Crippen molar-refractivity contribution in [3.63, 3.8) is 0 Å². The van der Waals surface area contributed by atoms with E-state index in [2.05, 4.69) is 247 Å². The van der Waals surface area contributed by atoms with Gasteiger partial charge < -0.3 is 9.80 Å². The smallest absolute Gasteiger partial charge is 0.0540 e. The summed E-state index contributed by atoms with van der Waals surface area (Å²) in [5.41, 5.74) is 17.4. The topological polar surface area (TPSA) is 6.48 Å². The van der Waals surface area contributed by atoms with E-state index in [4.69, 9.17) is 0 Å². The van der Waals surface area contributed by atoms with Gasteiger partial charge in [-0.2, -0.15) is 0 Å². The van der Waals surface area contributed by atoms with Crippen molar-refractivity contribution in [3.8, 4) is 22.3 Å². The molecule has 0 bridgehead atoms. The fourth-order valence-corrected chi connectivity index (χ4v) is 9.02. The number of rotatable bonds is 7. The van der Waals surface area contributed by atoms with Crippen LogP contribution >= 0.6 is 0 Å². The molecule has 0 heterocycles. The van der Waals surface area contributed by atoms with Crippen molar-refractivity contribution in [1.82, 2.24) is 0 Å². The van der Waals surface area contributed by atoms with Gasteiger partial charge in [-0.25, -0.2) is 0 Å². The second kappa shape index (κ2) is 14.5. The largest absolute Gasteiger partial charge is 0.310 e. The Morgan fingerprint density at radius 2 is 0.847 bits per heavy atom. The molecule has 1 aliphatic carbocycles. The molecule has 0 unspecified atom stereocenters. The maximum atomic E-state index is 2.45. The highest BCUT2D eigenvalue weighted by Gasteiger charge is 2.37. The second-order valence-electron chi connectivity index (χ2n) is 18.7. The molecule has 0 saturated carbocycles. The first-order chi connectivity index (χ1) is 28.3. The van der Waals surface area contributed by atoms with Crippen LogP contribution in [-0.2, 0) is 16.2 Å². The summed E-state index contributed by atoms with van der Waals surface area (Å²) in [5, 5.41) is 2.42. The first-order valence-corrected chi connectivity index (χ1v) is 21.0. The molecule has 0 aromatic heterocycles. The highest BCUT2D eigenvalue weighted by Crippen LogP contribution is 2.52. The Bertz CT molecular complexity index is 2800. The fraction of sp³-hybridized carbons (Fsp3) is 0.193. The Hall–Kier alpha value is -6.38. The summed E-state index contributed by atoms with van der Waals surface area (Å²) < 4.78 is 0. The number of para-hydroxylation sites is 2. The standard InChI is InChI=1S/C57H54N2/c1-55(2,3)40-28-31-44(32-29-40)59(43-21-13-10-14-22-43)54-27-17-25-48-47(24-16-26-51(48)54)39-18-15-23-45(36-39)58(42-19-11-9-12-20-42)46-33-35-50-49-34-30-41(56(4,5)6)37-52(49)57(7,8)53(50)38-46/h9-38H,1-8H3. The Morgan fingerprint density at radius 3 is 1.51 bits per heavy atom. The van der Waals surface area contributed by atoms with Crippen LogP contribution in [0, 0.1) is 0 Å². The van der Waals surface area contributed by atoms with Gasteiger partial charge in [0.05, 0.1) is 5.69 Å². The molecular formula is C57H54N2. The first-order valence-electron chi connectivity index (χ1n) is 21.0. The van der Waals surface area contributed by atoms with Gasteiger partial charge in [-0.3, -0.25) is 0 Å². The summed E-state index contributed by atoms with van der Waals surface area (Å²) in [6.45, 7) is 18.5. The number of hydrogen-bond donors (Lipinski definition) is 0. The molecule has 59 heavy (non-hydrogen) atoms. The maximum absolute atomic E-state index is 2.45. The summed E-state index contributed by atoms with van der Waals surface area (Å²) in [4.78, 5) is 4.81. The second-order valence-corrected chi connectivity index (χ2v) is 18.7. The minimum atomic E-state index is -0.130. The van der Waals surface area contributed by atoms with Crippen molar-refractivity contribution in [3.05, 3.63) is 204 Å². The zero-order chi connectivity index (χ0) is 41.1. The predicted octanol–water partition coefficient (Wildman–Crippen LogP) is 16.3. The molecule has 0 radical (unpaired) electrons. The quantitative estimate of drug-likeness (QED) is 0.159. The Balaban J connectivity index is 1.15. The molecule has 0 N–H and O–H groups in total. The number of anilines is 6. The van der Waals surface area contributed by atoms with Crippen LogP contribution in [0.5, 0.6) is 0 Å². The molecule has 9 rings (SSSR count). The lowest BCUT2D eigenvalue weighted by molar-refractivity contribution is 0.584. The molecule has 0 amide bonds. The lowest BCUT2D eigenvalue weighted by Gasteiger charge is -2.29. The van der Waals surface area contributed by atoms with Crippen molar-refractivity contribution in [2.45, 2.75) is 71.6 Å². The molecule has 8 aromatic rings. The van der Waals surface area contributed by atoms with Gasteiger partial charge in [0, 0.05) is 39.2 Å². The zero-order valence-corrected chi connectivity index (χ0v) is 35.7. The van der Waals surface area contributed by atoms with E-state index in [9.17, 15) is 0 Å². The minimum Gasteiger partial charge on any atom is -0.310 e. The van der Waals surface area contributed by atoms with Crippen LogP contribution in [-0.4, -0.2) is 0 Å². The van der Waals surface area contributed by atoms with E-state index >= 15 is 0 Å². The third-order valence-corrected chi connectivity index (χ3v) is 12.4. The van der Waals surface area contributed by atoms with E-state index in [1.165, 1.54) is 55.3 Å². The van der Waals surface area contributed by atoms with E-state index in [0.29, 0.717) is 0 Å². The Labute approximate surface area is 351 Å². The number of fused-ring (bicyclic) bond motifs is 4. The molecular weight excluding hydrogens is 713 g/mol. The third kappa shape index (κ3) is 6.91. The highest BCUT2D eigenvalue weighted by atomic mass is 15.1. The molecule has 2 heteroatoms. The predicted molar refractivity (Wildman–Crippen MR) is 254 cm³/mol. The zero-order valence-electron chi connectivity index (χ0n) is 35.7. The van der Waals surface area contributed by atoms with E-state index in [1.807, 2.05) is 0 Å². The van der Waals surface area contributed by atoms with E-state index < -0.39 is 0 Å². The van der Waals surface area contributed by atoms with Gasteiger partial charge in [-0.1, -0.05) is 171 Å². The summed E-state index contributed by atoms with van der Waals surface area (Å²) in [7, 11) is 0. The lowest BCUT2D eigenvalue weighted by atomic mass is 9.79. The molecule has 0 fully saturated rings. The normalized spacial score (nSPS) is 13.2. The molecule has 292 valence electrons. The van der Waals surface area contributed by atoms with Crippen molar-refractivity contribution in [2.24, 2.45) is 0 Å². The van der Waals surface area contributed by atoms with Crippen LogP contribution in [0.2, 0.25) is 0 Å².